The van der Waals surface area contributed by atoms with Crippen LogP contribution in [0.25, 0.3) is 0 Å². The van der Waals surface area contributed by atoms with Crippen LogP contribution in [0.15, 0.2) is 47.2 Å². The summed E-state index contributed by atoms with van der Waals surface area (Å²) in [7, 11) is 0. The standard InChI is InChI=1S/C17H18BrN3O2/c18-14-10-19-16(20-11-14)15-8-4-5-9-21(15)17(22)23-12-13-6-2-1-3-7-13/h1-3,6-7,10-11,15H,4-5,8-9,12H2. The molecule has 1 saturated heterocycles. The molecule has 6 heteroatoms. The number of aromatic nitrogens is 2. The van der Waals surface area contributed by atoms with Crippen LogP contribution in [0.1, 0.15) is 36.7 Å². The Morgan fingerprint density at radius 1 is 1.22 bits per heavy atom. The molecular formula is C17H18BrN3O2. The quantitative estimate of drug-likeness (QED) is 0.809. The number of carbonyl (C=O) groups is 1. The van der Waals surface area contributed by atoms with E-state index >= 15 is 0 Å². The molecule has 1 aliphatic rings. The van der Waals surface area contributed by atoms with Gasteiger partial charge in [0.2, 0.25) is 0 Å². The third-order valence-corrected chi connectivity index (χ3v) is 4.29. The smallest absolute Gasteiger partial charge is 0.410 e. The number of amides is 1. The molecule has 0 N–H and O–H groups in total. The van der Waals surface area contributed by atoms with E-state index in [1.165, 1.54) is 0 Å². The first-order chi connectivity index (χ1) is 11.2. The lowest BCUT2D eigenvalue weighted by atomic mass is 10.0. The van der Waals surface area contributed by atoms with E-state index < -0.39 is 0 Å². The monoisotopic (exact) mass is 375 g/mol. The lowest BCUT2D eigenvalue weighted by Gasteiger charge is -2.33. The summed E-state index contributed by atoms with van der Waals surface area (Å²) in [5.74, 6) is 0.671. The van der Waals surface area contributed by atoms with Gasteiger partial charge >= 0.3 is 6.09 Å². The van der Waals surface area contributed by atoms with Crippen LogP contribution in [-0.4, -0.2) is 27.5 Å². The second-order valence-corrected chi connectivity index (χ2v) is 6.42. The first-order valence-electron chi connectivity index (χ1n) is 7.69. The second kappa shape index (κ2) is 7.55. The number of halogens is 1. The minimum Gasteiger partial charge on any atom is -0.445 e. The van der Waals surface area contributed by atoms with Gasteiger partial charge in [-0.3, -0.25) is 4.90 Å². The number of carbonyl (C=O) groups excluding carboxylic acids is 1. The molecule has 1 aromatic carbocycles. The Bertz CT molecular complexity index is 649. The van der Waals surface area contributed by atoms with Crippen molar-refractivity contribution < 1.29 is 9.53 Å². The van der Waals surface area contributed by atoms with Crippen molar-refractivity contribution in [2.45, 2.75) is 31.9 Å². The van der Waals surface area contributed by atoms with Gasteiger partial charge in [-0.2, -0.15) is 0 Å². The van der Waals surface area contributed by atoms with Crippen molar-refractivity contribution >= 4 is 22.0 Å². The van der Waals surface area contributed by atoms with E-state index in [0.29, 0.717) is 12.4 Å². The van der Waals surface area contributed by atoms with Gasteiger partial charge in [-0.15, -0.1) is 0 Å². The summed E-state index contributed by atoms with van der Waals surface area (Å²) in [6.07, 6.45) is 6.03. The van der Waals surface area contributed by atoms with Crippen molar-refractivity contribution in [2.75, 3.05) is 6.54 Å². The first-order valence-corrected chi connectivity index (χ1v) is 8.48. The highest BCUT2D eigenvalue weighted by atomic mass is 79.9. The maximum absolute atomic E-state index is 12.5. The van der Waals surface area contributed by atoms with E-state index in [-0.39, 0.29) is 18.7 Å². The predicted molar refractivity (Wildman–Crippen MR) is 89.7 cm³/mol. The summed E-state index contributed by atoms with van der Waals surface area (Å²) in [4.78, 5) is 22.9. The average molecular weight is 376 g/mol. The van der Waals surface area contributed by atoms with Crippen LogP contribution in [-0.2, 0) is 11.3 Å². The summed E-state index contributed by atoms with van der Waals surface area (Å²) >= 11 is 3.33. The summed E-state index contributed by atoms with van der Waals surface area (Å²) in [5, 5.41) is 0. The number of likely N-dealkylation sites (tertiary alicyclic amines) is 1. The molecule has 5 nitrogen and oxygen atoms in total. The summed E-state index contributed by atoms with van der Waals surface area (Å²) in [6, 6.07) is 9.58. The zero-order valence-electron chi connectivity index (χ0n) is 12.7. The average Bonchev–Trinajstić information content (AvgIpc) is 2.61. The molecule has 2 aromatic rings. The SMILES string of the molecule is O=C(OCc1ccccc1)N1CCCCC1c1ncc(Br)cn1. The van der Waals surface area contributed by atoms with Crippen LogP contribution in [0.4, 0.5) is 4.79 Å². The van der Waals surface area contributed by atoms with Crippen molar-refractivity contribution in [1.29, 1.82) is 0 Å². The maximum atomic E-state index is 12.5. The number of benzene rings is 1. The van der Waals surface area contributed by atoms with Gasteiger partial charge in [-0.1, -0.05) is 30.3 Å². The van der Waals surface area contributed by atoms with Gasteiger partial charge in [-0.25, -0.2) is 14.8 Å². The van der Waals surface area contributed by atoms with Gasteiger partial charge in [0, 0.05) is 18.9 Å². The Hall–Kier alpha value is -1.95. The predicted octanol–water partition coefficient (Wildman–Crippen LogP) is 4.10. The summed E-state index contributed by atoms with van der Waals surface area (Å²) < 4.78 is 6.29. The molecule has 23 heavy (non-hydrogen) atoms. The number of piperidine rings is 1. The van der Waals surface area contributed by atoms with Crippen LogP contribution in [0, 0.1) is 0 Å². The molecule has 1 aromatic heterocycles. The fraction of sp³-hybridized carbons (Fsp3) is 0.353. The third kappa shape index (κ3) is 4.07. The summed E-state index contributed by atoms with van der Waals surface area (Å²) in [6.45, 7) is 0.960. The molecule has 0 aliphatic carbocycles. The molecule has 1 aliphatic heterocycles. The molecule has 2 heterocycles. The molecule has 120 valence electrons. The van der Waals surface area contributed by atoms with E-state index in [2.05, 4.69) is 25.9 Å². The minimum absolute atomic E-state index is 0.111. The lowest BCUT2D eigenvalue weighted by Crippen LogP contribution is -2.39. The maximum Gasteiger partial charge on any atom is 0.410 e. The number of hydrogen-bond donors (Lipinski definition) is 0. The Kier molecular flexibility index (Phi) is 5.23. The van der Waals surface area contributed by atoms with E-state index in [9.17, 15) is 4.79 Å². The van der Waals surface area contributed by atoms with Crippen LogP contribution >= 0.6 is 15.9 Å². The van der Waals surface area contributed by atoms with Crippen molar-refractivity contribution in [2.24, 2.45) is 0 Å². The van der Waals surface area contributed by atoms with Gasteiger partial charge in [0.15, 0.2) is 5.82 Å². The molecule has 1 fully saturated rings. The van der Waals surface area contributed by atoms with Gasteiger partial charge in [0.25, 0.3) is 0 Å². The topological polar surface area (TPSA) is 55.3 Å². The first kappa shape index (κ1) is 15.9. The highest BCUT2D eigenvalue weighted by molar-refractivity contribution is 9.10. The molecule has 1 atom stereocenters. The van der Waals surface area contributed by atoms with E-state index in [4.69, 9.17) is 4.74 Å². The van der Waals surface area contributed by atoms with E-state index in [0.717, 1.165) is 29.3 Å². The highest BCUT2D eigenvalue weighted by Gasteiger charge is 2.30. The van der Waals surface area contributed by atoms with Crippen LogP contribution < -0.4 is 0 Å². The molecule has 0 bridgehead atoms. The Balaban J connectivity index is 1.68. The van der Waals surface area contributed by atoms with Gasteiger partial charge in [0.1, 0.15) is 6.61 Å². The zero-order valence-corrected chi connectivity index (χ0v) is 14.3. The van der Waals surface area contributed by atoms with Crippen molar-refractivity contribution in [3.8, 4) is 0 Å². The second-order valence-electron chi connectivity index (χ2n) is 5.50. The molecule has 0 spiro atoms. The Morgan fingerprint density at radius 3 is 2.70 bits per heavy atom. The fourth-order valence-electron chi connectivity index (χ4n) is 2.72. The normalized spacial score (nSPS) is 17.8. The third-order valence-electron chi connectivity index (χ3n) is 3.88. The van der Waals surface area contributed by atoms with Crippen molar-refractivity contribution in [1.82, 2.24) is 14.9 Å². The minimum atomic E-state index is -0.301. The highest BCUT2D eigenvalue weighted by Crippen LogP contribution is 2.29. The number of rotatable bonds is 3. The van der Waals surface area contributed by atoms with E-state index in [1.54, 1.807) is 17.3 Å². The lowest BCUT2D eigenvalue weighted by molar-refractivity contribution is 0.0658. The molecule has 0 saturated carbocycles. The van der Waals surface area contributed by atoms with Crippen molar-refractivity contribution in [3.05, 3.63) is 58.6 Å². The number of nitrogens with zero attached hydrogens (tertiary/aromatic N) is 3. The zero-order chi connectivity index (χ0) is 16.1. The molecule has 3 rings (SSSR count). The Labute approximate surface area is 143 Å². The molecule has 1 amide bonds. The van der Waals surface area contributed by atoms with Gasteiger partial charge in [-0.05, 0) is 40.8 Å². The molecule has 1 unspecified atom stereocenters. The van der Waals surface area contributed by atoms with Crippen LogP contribution in [0.3, 0.4) is 0 Å². The van der Waals surface area contributed by atoms with Crippen LogP contribution in [0.2, 0.25) is 0 Å². The fourth-order valence-corrected chi connectivity index (χ4v) is 2.92. The number of ether oxygens (including phenoxy) is 1. The van der Waals surface area contributed by atoms with Gasteiger partial charge < -0.3 is 4.74 Å². The van der Waals surface area contributed by atoms with E-state index in [1.807, 2.05) is 30.3 Å². The largest absolute Gasteiger partial charge is 0.445 e. The Morgan fingerprint density at radius 2 is 1.96 bits per heavy atom. The molecule has 0 radical (unpaired) electrons. The summed E-state index contributed by atoms with van der Waals surface area (Å²) in [5.41, 5.74) is 0.981. The van der Waals surface area contributed by atoms with Crippen LogP contribution in [0.5, 0.6) is 0 Å². The molecular weight excluding hydrogens is 358 g/mol. The van der Waals surface area contributed by atoms with Crippen molar-refractivity contribution in [3.63, 3.8) is 0 Å². The number of hydrogen-bond acceptors (Lipinski definition) is 4. The van der Waals surface area contributed by atoms with Gasteiger partial charge in [0.05, 0.1) is 10.5 Å².